The van der Waals surface area contributed by atoms with Gasteiger partial charge in [0.1, 0.15) is 6.04 Å². The maximum Gasteiger partial charge on any atom is 0.407 e. The van der Waals surface area contributed by atoms with E-state index in [1.807, 2.05) is 79.7 Å². The zero-order chi connectivity index (χ0) is 30.2. The molecule has 4 rings (SSSR count). The Labute approximate surface area is 245 Å². The largest absolute Gasteiger partial charge is 0.465 e. The van der Waals surface area contributed by atoms with Crippen molar-refractivity contribution in [1.82, 2.24) is 19.7 Å². The van der Waals surface area contributed by atoms with Crippen LogP contribution in [-0.2, 0) is 24.3 Å². The number of amides is 2. The van der Waals surface area contributed by atoms with Crippen molar-refractivity contribution < 1.29 is 19.1 Å². The molecule has 1 atom stereocenters. The number of fused-ring (bicyclic) bond motifs is 1. The molecule has 0 aliphatic rings. The van der Waals surface area contributed by atoms with E-state index < -0.39 is 17.8 Å². The van der Waals surface area contributed by atoms with Crippen LogP contribution in [0.15, 0.2) is 82.0 Å². The van der Waals surface area contributed by atoms with Crippen LogP contribution in [0.3, 0.4) is 0 Å². The van der Waals surface area contributed by atoms with Crippen LogP contribution >= 0.6 is 0 Å². The van der Waals surface area contributed by atoms with Gasteiger partial charge in [0.15, 0.2) is 0 Å². The molecule has 1 aromatic heterocycles. The van der Waals surface area contributed by atoms with Gasteiger partial charge >= 0.3 is 11.7 Å². The number of anilines is 1. The summed E-state index contributed by atoms with van der Waals surface area (Å²) in [6.45, 7) is 3.21. The molecule has 2 N–H and O–H groups in total. The summed E-state index contributed by atoms with van der Waals surface area (Å²) in [7, 11) is 5.50. The maximum atomic E-state index is 13.6. The molecule has 1 unspecified atom stereocenters. The first-order valence-corrected chi connectivity index (χ1v) is 13.8. The lowest BCUT2D eigenvalue weighted by atomic mass is 10.0. The molecule has 2 amide bonds. The van der Waals surface area contributed by atoms with E-state index in [2.05, 4.69) is 10.3 Å². The van der Waals surface area contributed by atoms with Gasteiger partial charge in [-0.1, -0.05) is 66.7 Å². The summed E-state index contributed by atoms with van der Waals surface area (Å²) in [4.78, 5) is 48.0. The number of likely N-dealkylation sites (N-methyl/N-ethyl adjacent to an activating group) is 2. The molecular weight excluding hydrogens is 534 g/mol. The second-order valence-corrected chi connectivity index (χ2v) is 10.6. The molecule has 220 valence electrons. The molecule has 0 radical (unpaired) electrons. The molecule has 0 fully saturated rings. The molecule has 0 saturated heterocycles. The number of hydrogen-bond acceptors (Lipinski definition) is 7. The van der Waals surface area contributed by atoms with Crippen LogP contribution in [-0.4, -0.2) is 77.1 Å². The van der Waals surface area contributed by atoms with E-state index in [9.17, 15) is 19.5 Å². The maximum absolute atomic E-state index is 13.6. The second kappa shape index (κ2) is 13.8. The minimum Gasteiger partial charge on any atom is -0.465 e. The lowest BCUT2D eigenvalue weighted by molar-refractivity contribution is -0.131. The van der Waals surface area contributed by atoms with Gasteiger partial charge in [-0.3, -0.25) is 4.79 Å². The fraction of sp³-hybridized carbons (Fsp3) is 0.312. The SMILES string of the molecule is Cc1c(CN(CCN(C)C)C(=O)O)ccc2nc(NC(Cc3ccccc3)C(=O)N(C)Cc3ccccc3)oc(=O)c12. The van der Waals surface area contributed by atoms with Crippen molar-refractivity contribution in [2.75, 3.05) is 39.5 Å². The minimum absolute atomic E-state index is 0.0554. The molecule has 0 spiro atoms. The number of rotatable bonds is 12. The third-order valence-electron chi connectivity index (χ3n) is 7.14. The van der Waals surface area contributed by atoms with Gasteiger partial charge in [0.25, 0.3) is 6.01 Å². The second-order valence-electron chi connectivity index (χ2n) is 10.6. The Hall–Kier alpha value is -4.70. The number of nitrogens with zero attached hydrogens (tertiary/aromatic N) is 4. The van der Waals surface area contributed by atoms with E-state index in [-0.39, 0.29) is 23.9 Å². The smallest absolute Gasteiger partial charge is 0.407 e. The fourth-order valence-electron chi connectivity index (χ4n) is 4.76. The summed E-state index contributed by atoms with van der Waals surface area (Å²) in [6, 6.07) is 22.0. The molecular formula is C32H37N5O5. The zero-order valence-electron chi connectivity index (χ0n) is 24.4. The van der Waals surface area contributed by atoms with Gasteiger partial charge in [-0.25, -0.2) is 9.59 Å². The summed E-state index contributed by atoms with van der Waals surface area (Å²) in [5.41, 5.74) is 3.03. The van der Waals surface area contributed by atoms with Crippen molar-refractivity contribution in [2.24, 2.45) is 0 Å². The Kier molecular flexibility index (Phi) is 9.93. The van der Waals surface area contributed by atoms with E-state index >= 15 is 0 Å². The third-order valence-corrected chi connectivity index (χ3v) is 7.14. The van der Waals surface area contributed by atoms with E-state index in [4.69, 9.17) is 4.42 Å². The van der Waals surface area contributed by atoms with Crippen LogP contribution in [0.25, 0.3) is 10.9 Å². The predicted molar refractivity (Wildman–Crippen MR) is 162 cm³/mol. The topological polar surface area (TPSA) is 119 Å². The lowest BCUT2D eigenvalue weighted by Crippen LogP contribution is -2.42. The molecule has 42 heavy (non-hydrogen) atoms. The number of aryl methyl sites for hydroxylation is 1. The molecule has 4 aromatic rings. The van der Waals surface area contributed by atoms with Crippen LogP contribution in [0.1, 0.15) is 22.3 Å². The number of carboxylic acid groups (broad SMARTS) is 1. The van der Waals surface area contributed by atoms with Gasteiger partial charge in [0.2, 0.25) is 5.91 Å². The quantitative estimate of drug-likeness (QED) is 0.260. The average molecular weight is 572 g/mol. The van der Waals surface area contributed by atoms with E-state index in [0.717, 1.165) is 11.1 Å². The first-order valence-electron chi connectivity index (χ1n) is 13.8. The Morgan fingerprint density at radius 1 is 0.905 bits per heavy atom. The lowest BCUT2D eigenvalue weighted by Gasteiger charge is -2.25. The molecule has 0 aliphatic heterocycles. The van der Waals surface area contributed by atoms with Gasteiger partial charge in [-0.05, 0) is 49.3 Å². The minimum atomic E-state index is -1.03. The Balaban J connectivity index is 1.60. The van der Waals surface area contributed by atoms with Gasteiger partial charge in [0.05, 0.1) is 10.9 Å². The summed E-state index contributed by atoms with van der Waals surface area (Å²) < 4.78 is 5.59. The number of nitrogens with one attached hydrogen (secondary N) is 1. The number of aromatic nitrogens is 1. The van der Waals surface area contributed by atoms with Crippen molar-refractivity contribution in [3.63, 3.8) is 0 Å². The van der Waals surface area contributed by atoms with Crippen LogP contribution in [0.4, 0.5) is 10.8 Å². The van der Waals surface area contributed by atoms with Crippen molar-refractivity contribution in [2.45, 2.75) is 32.5 Å². The average Bonchev–Trinajstić information content (AvgIpc) is 2.96. The third kappa shape index (κ3) is 7.73. The van der Waals surface area contributed by atoms with E-state index in [1.54, 1.807) is 31.0 Å². The van der Waals surface area contributed by atoms with Crippen LogP contribution in [0.2, 0.25) is 0 Å². The molecule has 10 heteroatoms. The van der Waals surface area contributed by atoms with E-state index in [0.29, 0.717) is 42.7 Å². The van der Waals surface area contributed by atoms with Gasteiger partial charge in [-0.2, -0.15) is 4.98 Å². The Morgan fingerprint density at radius 3 is 2.17 bits per heavy atom. The highest BCUT2D eigenvalue weighted by Crippen LogP contribution is 2.22. The highest BCUT2D eigenvalue weighted by atomic mass is 16.4. The van der Waals surface area contributed by atoms with Crippen molar-refractivity contribution in [3.8, 4) is 0 Å². The standard InChI is InChI=1S/C32H37N5O5/c1-22-25(21-37(32(40)41)18-17-35(2)3)15-16-26-28(22)30(39)42-31(33-26)34-27(19-23-11-7-5-8-12-23)29(38)36(4)20-24-13-9-6-10-14-24/h5-16,27H,17-21H2,1-4H3,(H,33,34)(H,40,41). The van der Waals surface area contributed by atoms with Gasteiger partial charge < -0.3 is 29.5 Å². The van der Waals surface area contributed by atoms with E-state index in [1.165, 1.54) is 4.90 Å². The molecule has 10 nitrogen and oxygen atoms in total. The highest BCUT2D eigenvalue weighted by Gasteiger charge is 2.25. The predicted octanol–water partition coefficient (Wildman–Crippen LogP) is 4.22. The van der Waals surface area contributed by atoms with Crippen LogP contribution < -0.4 is 10.9 Å². The summed E-state index contributed by atoms with van der Waals surface area (Å²) >= 11 is 0. The highest BCUT2D eigenvalue weighted by molar-refractivity contribution is 5.85. The molecule has 0 aliphatic carbocycles. The first kappa shape index (κ1) is 30.3. The number of benzene rings is 3. The van der Waals surface area contributed by atoms with Crippen molar-refractivity contribution >= 4 is 28.9 Å². The molecule has 0 bridgehead atoms. The summed E-state index contributed by atoms with van der Waals surface area (Å²) in [5.74, 6) is -0.176. The van der Waals surface area contributed by atoms with Crippen molar-refractivity contribution in [3.05, 3.63) is 105 Å². The zero-order valence-corrected chi connectivity index (χ0v) is 24.4. The number of carbonyl (C=O) groups excluding carboxylic acids is 1. The molecule has 0 saturated carbocycles. The Morgan fingerprint density at radius 2 is 1.55 bits per heavy atom. The normalized spacial score (nSPS) is 11.8. The summed E-state index contributed by atoms with van der Waals surface area (Å²) in [5, 5.41) is 13.0. The number of carbonyl (C=O) groups is 2. The summed E-state index contributed by atoms with van der Waals surface area (Å²) in [6.07, 6.45) is -0.676. The van der Waals surface area contributed by atoms with Crippen LogP contribution in [0.5, 0.6) is 0 Å². The van der Waals surface area contributed by atoms with Crippen LogP contribution in [0, 0.1) is 6.92 Å². The van der Waals surface area contributed by atoms with Gasteiger partial charge in [0, 0.05) is 39.6 Å². The first-order chi connectivity index (χ1) is 20.1. The monoisotopic (exact) mass is 571 g/mol. The Bertz CT molecular complexity index is 1570. The molecule has 1 heterocycles. The van der Waals surface area contributed by atoms with Gasteiger partial charge in [-0.15, -0.1) is 0 Å². The number of hydrogen-bond donors (Lipinski definition) is 2. The fourth-order valence-corrected chi connectivity index (χ4v) is 4.76. The van der Waals surface area contributed by atoms with Crippen molar-refractivity contribution in [1.29, 1.82) is 0 Å². The molecule has 3 aromatic carbocycles.